The summed E-state index contributed by atoms with van der Waals surface area (Å²) in [6.07, 6.45) is 1.87. The van der Waals surface area contributed by atoms with E-state index in [9.17, 15) is 1.37 Å². The number of hydrogen-bond donors (Lipinski definition) is 0. The number of nitrogens with zero attached hydrogens (tertiary/aromatic N) is 3. The van der Waals surface area contributed by atoms with E-state index >= 15 is 0 Å². The monoisotopic (exact) mass is 1070 g/mol. The molecule has 341 valence electrons. The molecular weight excluding hydrogens is 1010 g/mol. The fourth-order valence-corrected chi connectivity index (χ4v) is 9.52. The molecule has 11 aromatic rings. The fourth-order valence-electron chi connectivity index (χ4n) is 9.52. The topological polar surface area (TPSA) is 43.9 Å². The molecule has 5 heteroatoms. The van der Waals surface area contributed by atoms with Crippen LogP contribution in [0.1, 0.15) is 104 Å². The van der Waals surface area contributed by atoms with E-state index in [0.29, 0.717) is 5.58 Å². The number of fused-ring (bicyclic) bond motifs is 7. The summed E-state index contributed by atoms with van der Waals surface area (Å²) in [6, 6.07) is 62.1. The number of aromatic nitrogens is 3. The van der Waals surface area contributed by atoms with Crippen molar-refractivity contribution >= 4 is 54.5 Å². The molecule has 0 aliphatic heterocycles. The number of pyridine rings is 1. The van der Waals surface area contributed by atoms with E-state index < -0.39 is 5.89 Å². The van der Waals surface area contributed by atoms with Crippen LogP contribution in [0.15, 0.2) is 168 Å². The first kappa shape index (κ1) is 45.1. The summed E-state index contributed by atoms with van der Waals surface area (Å²) < 4.78 is 18.6. The molecule has 0 unspecified atom stereocenters. The van der Waals surface area contributed by atoms with Crippen LogP contribution in [0, 0.1) is 12.1 Å². The number of para-hydroxylation sites is 2. The van der Waals surface area contributed by atoms with Crippen LogP contribution in [0.25, 0.3) is 94.0 Å². The molecule has 8 aromatic carbocycles. The second-order valence-corrected chi connectivity index (χ2v) is 19.6. The molecule has 1 radical (unpaired) electrons. The number of hydrogen-bond acceptors (Lipinski definition) is 3. The first-order valence-corrected chi connectivity index (χ1v) is 23.5. The molecule has 0 atom stereocenters. The molecule has 0 N–H and O–H groups in total. The second-order valence-electron chi connectivity index (χ2n) is 19.6. The number of furan rings is 1. The van der Waals surface area contributed by atoms with Crippen LogP contribution in [0.4, 0.5) is 0 Å². The first-order valence-electron chi connectivity index (χ1n) is 24.0. The van der Waals surface area contributed by atoms with Crippen molar-refractivity contribution in [2.75, 3.05) is 0 Å². The summed E-state index contributed by atoms with van der Waals surface area (Å²) in [7, 11) is 0. The molecule has 4 nitrogen and oxygen atoms in total. The van der Waals surface area contributed by atoms with Crippen LogP contribution in [0.2, 0.25) is 0 Å². The first-order chi connectivity index (χ1) is 32.7. The molecule has 11 rings (SSSR count). The van der Waals surface area contributed by atoms with E-state index in [0.717, 1.165) is 72.1 Å². The molecule has 68 heavy (non-hydrogen) atoms. The number of benzene rings is 8. The Kier molecular flexibility index (Phi) is 12.5. The molecule has 0 spiro atoms. The standard InChI is InChI=1S/C48H41N2O.C15H16N.Ir/c1-28(2)35-22-23-37(47-45(35)41-24-33-21-20-32-16-10-11-17-36(32)40(33)27-44(41)51-47)48-49-42-18-12-13-19-43(42)50(48)46-38(29(3)4)25-34(26-39(46)30(5)6)31-14-8-7-9-15-31;1-15(2,3)13-9-10-16-14(11-13)12-7-5-4-6-8-12;/h7-22,24-30H,1-6H3;4-7,9-11H,1-3H3;/q2*-1;/i28D;;. The van der Waals surface area contributed by atoms with Crippen molar-refractivity contribution in [3.05, 3.63) is 198 Å². The van der Waals surface area contributed by atoms with Gasteiger partial charge in [-0.15, -0.1) is 53.6 Å². The van der Waals surface area contributed by atoms with Crippen LogP contribution in [0.3, 0.4) is 0 Å². The van der Waals surface area contributed by atoms with Gasteiger partial charge in [-0.25, -0.2) is 0 Å². The van der Waals surface area contributed by atoms with Crippen molar-refractivity contribution in [1.29, 1.82) is 0 Å². The van der Waals surface area contributed by atoms with Gasteiger partial charge in [0.15, 0.2) is 0 Å². The van der Waals surface area contributed by atoms with Crippen molar-refractivity contribution < 1.29 is 25.9 Å². The second kappa shape index (κ2) is 18.8. The Morgan fingerprint density at radius 3 is 2.03 bits per heavy atom. The van der Waals surface area contributed by atoms with E-state index in [1.165, 1.54) is 38.6 Å². The van der Waals surface area contributed by atoms with Crippen molar-refractivity contribution in [3.8, 4) is 39.5 Å². The average molecular weight is 1070 g/mol. The van der Waals surface area contributed by atoms with Crippen molar-refractivity contribution in [2.45, 2.75) is 85.5 Å². The third-order valence-corrected chi connectivity index (χ3v) is 13.1. The van der Waals surface area contributed by atoms with Crippen molar-refractivity contribution in [2.24, 2.45) is 0 Å². The normalized spacial score (nSPS) is 12.2. The van der Waals surface area contributed by atoms with Gasteiger partial charge in [0, 0.05) is 38.7 Å². The molecule has 0 saturated carbocycles. The number of imidazole rings is 1. The Morgan fingerprint density at radius 2 is 1.32 bits per heavy atom. The van der Waals surface area contributed by atoms with Gasteiger partial charge >= 0.3 is 0 Å². The van der Waals surface area contributed by atoms with Crippen molar-refractivity contribution in [1.82, 2.24) is 14.5 Å². The average Bonchev–Trinajstić information content (AvgIpc) is 3.91. The van der Waals surface area contributed by atoms with Gasteiger partial charge in [-0.3, -0.25) is 4.98 Å². The summed E-state index contributed by atoms with van der Waals surface area (Å²) in [5.74, 6) is 0.389. The van der Waals surface area contributed by atoms with Gasteiger partial charge in [-0.1, -0.05) is 164 Å². The number of rotatable bonds is 7. The molecule has 3 heterocycles. The van der Waals surface area contributed by atoms with Gasteiger partial charge in [-0.2, -0.15) is 0 Å². The van der Waals surface area contributed by atoms with Crippen LogP contribution in [0.5, 0.6) is 0 Å². The smallest absolute Gasteiger partial charge is 0.121 e. The van der Waals surface area contributed by atoms with Gasteiger partial charge in [-0.05, 0) is 115 Å². The van der Waals surface area contributed by atoms with Crippen molar-refractivity contribution in [3.63, 3.8) is 0 Å². The Morgan fingerprint density at radius 1 is 0.632 bits per heavy atom. The Bertz CT molecular complexity index is 3620. The predicted octanol–water partition coefficient (Wildman–Crippen LogP) is 17.6. The van der Waals surface area contributed by atoms with Gasteiger partial charge in [0.05, 0.1) is 22.4 Å². The third kappa shape index (κ3) is 8.59. The Hall–Kier alpha value is -6.65. The minimum Gasteiger partial charge on any atom is -0.501 e. The molecule has 0 fully saturated rings. The maximum Gasteiger partial charge on any atom is 0.121 e. The van der Waals surface area contributed by atoms with E-state index in [4.69, 9.17) is 9.40 Å². The zero-order valence-corrected chi connectivity index (χ0v) is 42.7. The van der Waals surface area contributed by atoms with E-state index in [1.54, 1.807) is 0 Å². The largest absolute Gasteiger partial charge is 0.501 e. The maximum atomic E-state index is 9.24. The maximum absolute atomic E-state index is 9.24. The van der Waals surface area contributed by atoms with Crippen LogP contribution < -0.4 is 0 Å². The Labute approximate surface area is 415 Å². The molecule has 3 aromatic heterocycles. The van der Waals surface area contributed by atoms with E-state index in [2.05, 4.69) is 198 Å². The van der Waals surface area contributed by atoms with Crippen LogP contribution in [-0.4, -0.2) is 14.5 Å². The van der Waals surface area contributed by atoms with Gasteiger partial charge < -0.3 is 14.0 Å². The zero-order chi connectivity index (χ0) is 47.5. The SMILES string of the molecule is CC(C)(C)c1ccnc(-c2[c-]cccc2)c1.[2H]C(C)(C)c1c[c-]c(-c2nc3ccccc3n2-c2c(C(C)C)cc(-c3ccccc3)cc2C(C)C)c2oc3cc4c(ccc5ccccc54)cc3c12.[Ir]. The summed E-state index contributed by atoms with van der Waals surface area (Å²) in [6.45, 7) is 19.6. The Balaban J connectivity index is 0.000000296. The summed E-state index contributed by atoms with van der Waals surface area (Å²) in [5.41, 5.74) is 14.7. The van der Waals surface area contributed by atoms with Crippen LogP contribution in [-0.2, 0) is 25.5 Å². The summed E-state index contributed by atoms with van der Waals surface area (Å²) in [4.78, 5) is 9.77. The predicted molar refractivity (Wildman–Crippen MR) is 283 cm³/mol. The molecular formula is C63H57IrN3O-2. The summed E-state index contributed by atoms with van der Waals surface area (Å²) >= 11 is 0. The molecule has 0 aliphatic carbocycles. The minimum absolute atomic E-state index is 0. The van der Waals surface area contributed by atoms with E-state index in [-0.39, 0.29) is 37.4 Å². The minimum atomic E-state index is -0.883. The molecule has 0 amide bonds. The van der Waals surface area contributed by atoms with Crippen LogP contribution >= 0.6 is 0 Å². The summed E-state index contributed by atoms with van der Waals surface area (Å²) in [5, 5.41) is 6.63. The van der Waals surface area contributed by atoms with E-state index in [1.807, 2.05) is 50.4 Å². The molecule has 0 bridgehead atoms. The van der Waals surface area contributed by atoms with Gasteiger partial charge in [0.25, 0.3) is 0 Å². The quantitative estimate of drug-likeness (QED) is 0.118. The third-order valence-electron chi connectivity index (χ3n) is 13.1. The van der Waals surface area contributed by atoms with Gasteiger partial charge in [0.2, 0.25) is 0 Å². The van der Waals surface area contributed by atoms with Gasteiger partial charge in [0.1, 0.15) is 5.58 Å². The fraction of sp³-hybridized carbons (Fsp3) is 0.206. The molecule has 0 aliphatic rings. The zero-order valence-electron chi connectivity index (χ0n) is 41.3. The molecule has 0 saturated heterocycles.